The van der Waals surface area contributed by atoms with Crippen LogP contribution >= 0.6 is 0 Å². The van der Waals surface area contributed by atoms with Crippen molar-refractivity contribution < 1.29 is 9.53 Å². The monoisotopic (exact) mass is 193 g/mol. The number of Topliss-reactive ketones (excluding diaryl/α,β-unsaturated/α-hetero) is 1. The quantitative estimate of drug-likeness (QED) is 0.530. The maximum absolute atomic E-state index is 11.5. The molecule has 1 heterocycles. The molecule has 3 heteroatoms. The Hall–Kier alpha value is -1.22. The highest BCUT2D eigenvalue weighted by Crippen LogP contribution is 2.05. The van der Waals surface area contributed by atoms with Crippen LogP contribution in [0.15, 0.2) is 18.3 Å². The van der Waals surface area contributed by atoms with Crippen LogP contribution in [0.25, 0.3) is 0 Å². The average Bonchev–Trinajstić information content (AvgIpc) is 2.19. The maximum atomic E-state index is 11.5. The van der Waals surface area contributed by atoms with Crippen LogP contribution in [0.2, 0.25) is 0 Å². The standard InChI is InChI=1S/C11H15NO2/c1-9-5-6-10(8-12-9)11(13)4-3-7-14-2/h5-6,8H,3-4,7H2,1-2H3. The van der Waals surface area contributed by atoms with E-state index in [1.54, 1.807) is 13.3 Å². The molecule has 0 aliphatic rings. The number of methoxy groups -OCH3 is 1. The molecule has 1 rings (SSSR count). The van der Waals surface area contributed by atoms with Gasteiger partial charge in [0, 0.05) is 37.6 Å². The predicted octanol–water partition coefficient (Wildman–Crippen LogP) is 2.00. The van der Waals surface area contributed by atoms with Gasteiger partial charge in [-0.25, -0.2) is 0 Å². The number of pyridine rings is 1. The Balaban J connectivity index is 2.48. The van der Waals surface area contributed by atoms with E-state index in [-0.39, 0.29) is 5.78 Å². The molecular weight excluding hydrogens is 178 g/mol. The van der Waals surface area contributed by atoms with Crippen LogP contribution in [0.1, 0.15) is 28.9 Å². The van der Waals surface area contributed by atoms with Crippen molar-refractivity contribution in [2.45, 2.75) is 19.8 Å². The molecule has 3 nitrogen and oxygen atoms in total. The fraction of sp³-hybridized carbons (Fsp3) is 0.455. The fourth-order valence-corrected chi connectivity index (χ4v) is 1.15. The van der Waals surface area contributed by atoms with Crippen molar-refractivity contribution in [1.82, 2.24) is 4.98 Å². The van der Waals surface area contributed by atoms with Crippen molar-refractivity contribution in [2.24, 2.45) is 0 Å². The molecule has 76 valence electrons. The summed E-state index contributed by atoms with van der Waals surface area (Å²) in [7, 11) is 1.64. The minimum atomic E-state index is 0.134. The molecule has 0 unspecified atom stereocenters. The first-order valence-corrected chi connectivity index (χ1v) is 4.69. The normalized spacial score (nSPS) is 10.1. The molecule has 0 N–H and O–H groups in total. The number of hydrogen-bond donors (Lipinski definition) is 0. The van der Waals surface area contributed by atoms with Gasteiger partial charge in [-0.2, -0.15) is 0 Å². The number of rotatable bonds is 5. The molecule has 0 spiro atoms. The lowest BCUT2D eigenvalue weighted by Crippen LogP contribution is -2.02. The van der Waals surface area contributed by atoms with Gasteiger partial charge in [0.1, 0.15) is 0 Å². The molecule has 1 aromatic heterocycles. The fourth-order valence-electron chi connectivity index (χ4n) is 1.15. The molecule has 0 fully saturated rings. The molecule has 0 atom stereocenters. The van der Waals surface area contributed by atoms with E-state index in [2.05, 4.69) is 4.98 Å². The van der Waals surface area contributed by atoms with Crippen molar-refractivity contribution >= 4 is 5.78 Å². The highest BCUT2D eigenvalue weighted by Gasteiger charge is 2.04. The van der Waals surface area contributed by atoms with E-state index in [0.29, 0.717) is 18.6 Å². The zero-order valence-electron chi connectivity index (χ0n) is 8.62. The second kappa shape index (κ2) is 5.50. The zero-order chi connectivity index (χ0) is 10.4. The van der Waals surface area contributed by atoms with Gasteiger partial charge in [0.15, 0.2) is 5.78 Å². The van der Waals surface area contributed by atoms with Gasteiger partial charge in [-0.05, 0) is 25.5 Å². The van der Waals surface area contributed by atoms with Crippen LogP contribution < -0.4 is 0 Å². The number of ether oxygens (including phenoxy) is 1. The zero-order valence-corrected chi connectivity index (χ0v) is 8.62. The summed E-state index contributed by atoms with van der Waals surface area (Å²) < 4.78 is 4.88. The molecule has 14 heavy (non-hydrogen) atoms. The summed E-state index contributed by atoms with van der Waals surface area (Å²) in [6, 6.07) is 3.67. The van der Waals surface area contributed by atoms with E-state index in [0.717, 1.165) is 12.1 Å². The number of hydrogen-bond acceptors (Lipinski definition) is 3. The molecule has 0 aliphatic carbocycles. The van der Waals surface area contributed by atoms with Crippen molar-refractivity contribution in [1.29, 1.82) is 0 Å². The Bertz CT molecular complexity index is 293. The summed E-state index contributed by atoms with van der Waals surface area (Å²) in [5.74, 6) is 0.134. The van der Waals surface area contributed by atoms with Gasteiger partial charge >= 0.3 is 0 Å². The van der Waals surface area contributed by atoms with Crippen LogP contribution in [-0.4, -0.2) is 24.5 Å². The lowest BCUT2D eigenvalue weighted by Gasteiger charge is -2.00. The maximum Gasteiger partial charge on any atom is 0.164 e. The average molecular weight is 193 g/mol. The molecule has 0 aliphatic heterocycles. The van der Waals surface area contributed by atoms with Gasteiger partial charge in [-0.15, -0.1) is 0 Å². The van der Waals surface area contributed by atoms with E-state index in [1.165, 1.54) is 0 Å². The summed E-state index contributed by atoms with van der Waals surface area (Å²) in [5.41, 5.74) is 1.62. The highest BCUT2D eigenvalue weighted by atomic mass is 16.5. The smallest absolute Gasteiger partial charge is 0.164 e. The van der Waals surface area contributed by atoms with Gasteiger partial charge in [0.25, 0.3) is 0 Å². The van der Waals surface area contributed by atoms with Gasteiger partial charge < -0.3 is 4.74 Å². The predicted molar refractivity (Wildman–Crippen MR) is 54.4 cm³/mol. The summed E-state index contributed by atoms with van der Waals surface area (Å²) in [6.07, 6.45) is 2.92. The summed E-state index contributed by atoms with van der Waals surface area (Å²) in [6.45, 7) is 2.53. The minimum Gasteiger partial charge on any atom is -0.385 e. The van der Waals surface area contributed by atoms with E-state index in [1.807, 2.05) is 19.1 Å². The summed E-state index contributed by atoms with van der Waals surface area (Å²) in [5, 5.41) is 0. The largest absolute Gasteiger partial charge is 0.385 e. The van der Waals surface area contributed by atoms with Crippen LogP contribution in [0, 0.1) is 6.92 Å². The Morgan fingerprint density at radius 3 is 2.86 bits per heavy atom. The van der Waals surface area contributed by atoms with E-state index >= 15 is 0 Å². The molecule has 0 radical (unpaired) electrons. The van der Waals surface area contributed by atoms with Crippen LogP contribution in [0.5, 0.6) is 0 Å². The van der Waals surface area contributed by atoms with Crippen molar-refractivity contribution in [3.05, 3.63) is 29.6 Å². The van der Waals surface area contributed by atoms with Crippen molar-refractivity contribution in [2.75, 3.05) is 13.7 Å². The number of carbonyl (C=O) groups excluding carboxylic acids is 1. The SMILES string of the molecule is COCCCC(=O)c1ccc(C)nc1. The molecule has 0 aromatic carbocycles. The number of aryl methyl sites for hydroxylation is 1. The Labute approximate surface area is 84.1 Å². The second-order valence-electron chi connectivity index (χ2n) is 3.21. The first kappa shape index (κ1) is 10.9. The third-order valence-corrected chi connectivity index (χ3v) is 1.99. The summed E-state index contributed by atoms with van der Waals surface area (Å²) in [4.78, 5) is 15.6. The third kappa shape index (κ3) is 3.26. The Kier molecular flexibility index (Phi) is 4.26. The Morgan fingerprint density at radius 1 is 1.50 bits per heavy atom. The lowest BCUT2D eigenvalue weighted by molar-refractivity contribution is 0.0963. The van der Waals surface area contributed by atoms with Crippen LogP contribution in [-0.2, 0) is 4.74 Å². The second-order valence-corrected chi connectivity index (χ2v) is 3.21. The number of carbonyl (C=O) groups is 1. The van der Waals surface area contributed by atoms with Gasteiger partial charge in [-0.1, -0.05) is 0 Å². The van der Waals surface area contributed by atoms with Gasteiger partial charge in [-0.3, -0.25) is 9.78 Å². The molecule has 0 bridgehead atoms. The van der Waals surface area contributed by atoms with Gasteiger partial charge in [0.2, 0.25) is 0 Å². The van der Waals surface area contributed by atoms with Crippen LogP contribution in [0.4, 0.5) is 0 Å². The molecule has 0 saturated heterocycles. The van der Waals surface area contributed by atoms with E-state index in [9.17, 15) is 4.79 Å². The first-order valence-electron chi connectivity index (χ1n) is 4.69. The number of nitrogens with zero attached hydrogens (tertiary/aromatic N) is 1. The van der Waals surface area contributed by atoms with Crippen molar-refractivity contribution in [3.63, 3.8) is 0 Å². The highest BCUT2D eigenvalue weighted by molar-refractivity contribution is 5.95. The minimum absolute atomic E-state index is 0.134. The van der Waals surface area contributed by atoms with E-state index < -0.39 is 0 Å². The van der Waals surface area contributed by atoms with Gasteiger partial charge in [0.05, 0.1) is 0 Å². The molecular formula is C11H15NO2. The first-order chi connectivity index (χ1) is 6.74. The third-order valence-electron chi connectivity index (χ3n) is 1.99. The number of aromatic nitrogens is 1. The Morgan fingerprint density at radius 2 is 2.29 bits per heavy atom. The lowest BCUT2D eigenvalue weighted by atomic mass is 10.1. The molecule has 0 saturated carbocycles. The van der Waals surface area contributed by atoms with Crippen molar-refractivity contribution in [3.8, 4) is 0 Å². The molecule has 0 amide bonds. The topological polar surface area (TPSA) is 39.2 Å². The van der Waals surface area contributed by atoms with E-state index in [4.69, 9.17) is 4.74 Å². The molecule has 1 aromatic rings. The number of ketones is 1. The summed E-state index contributed by atoms with van der Waals surface area (Å²) >= 11 is 0. The van der Waals surface area contributed by atoms with Crippen LogP contribution in [0.3, 0.4) is 0 Å².